The molecule has 0 aliphatic heterocycles. The van der Waals surface area contributed by atoms with Crippen molar-refractivity contribution >= 4 is 23.3 Å². The van der Waals surface area contributed by atoms with Gasteiger partial charge in [0.05, 0.1) is 31.9 Å². The Labute approximate surface area is 115 Å². The molecule has 1 heterocycles. The van der Waals surface area contributed by atoms with Gasteiger partial charge in [0, 0.05) is 13.0 Å². The van der Waals surface area contributed by atoms with E-state index in [2.05, 4.69) is 10.4 Å². The van der Waals surface area contributed by atoms with E-state index in [0.29, 0.717) is 6.54 Å². The summed E-state index contributed by atoms with van der Waals surface area (Å²) in [6.45, 7) is 1.45. The van der Waals surface area contributed by atoms with E-state index >= 15 is 0 Å². The van der Waals surface area contributed by atoms with Gasteiger partial charge in [-0.25, -0.2) is 0 Å². The van der Waals surface area contributed by atoms with Crippen LogP contribution >= 0.6 is 11.6 Å². The lowest BCUT2D eigenvalue weighted by Crippen LogP contribution is -3.05. The van der Waals surface area contributed by atoms with Crippen molar-refractivity contribution in [1.29, 1.82) is 0 Å². The van der Waals surface area contributed by atoms with Crippen molar-refractivity contribution in [3.63, 3.8) is 0 Å². The number of rotatable bonds is 7. The van der Waals surface area contributed by atoms with Crippen molar-refractivity contribution in [3.8, 4) is 0 Å². The average Bonchev–Trinajstić information content (AvgIpc) is 2.65. The number of carbonyl (C=O) groups excluding carboxylic acids is 1. The first-order valence-electron chi connectivity index (χ1n) is 5.83. The van der Waals surface area contributed by atoms with Crippen LogP contribution in [0, 0.1) is 10.1 Å². The number of nitro groups is 1. The van der Waals surface area contributed by atoms with Crippen molar-refractivity contribution in [2.75, 3.05) is 27.2 Å². The number of nitrogens with zero attached hydrogens (tertiary/aromatic N) is 3. The number of halogens is 1. The lowest BCUT2D eigenvalue weighted by Gasteiger charge is -2.07. The minimum absolute atomic E-state index is 0.0750. The Kier molecular flexibility index (Phi) is 5.71. The maximum atomic E-state index is 11.6. The molecule has 0 atom stereocenters. The standard InChI is InChI=1S/C10H16ClN5O3/c1-14(2)5-3-4-12-9(17)7-15-6-8(11)10(13-15)16(18)19/h6H,3-5,7H2,1-2H3,(H,12,17)/p+1. The molecule has 0 fully saturated rings. The van der Waals surface area contributed by atoms with Gasteiger partial charge in [-0.15, -0.1) is 0 Å². The van der Waals surface area contributed by atoms with Crippen LogP contribution in [-0.2, 0) is 11.3 Å². The van der Waals surface area contributed by atoms with E-state index in [-0.39, 0.29) is 17.5 Å². The molecule has 1 amide bonds. The topological polar surface area (TPSA) is 94.5 Å². The largest absolute Gasteiger partial charge is 0.408 e. The zero-order valence-electron chi connectivity index (χ0n) is 10.9. The SMILES string of the molecule is C[NH+](C)CCCNC(=O)Cn1cc(Cl)c([N+](=O)[O-])n1. The van der Waals surface area contributed by atoms with Crippen molar-refractivity contribution in [2.45, 2.75) is 13.0 Å². The van der Waals surface area contributed by atoms with Crippen LogP contribution in [0.4, 0.5) is 5.82 Å². The first-order chi connectivity index (χ1) is 8.90. The zero-order valence-corrected chi connectivity index (χ0v) is 11.6. The molecular weight excluding hydrogens is 274 g/mol. The van der Waals surface area contributed by atoms with Crippen LogP contribution in [-0.4, -0.2) is 47.8 Å². The summed E-state index contributed by atoms with van der Waals surface area (Å²) >= 11 is 5.63. The molecule has 1 aromatic heterocycles. The van der Waals surface area contributed by atoms with Gasteiger partial charge in [0.15, 0.2) is 5.02 Å². The molecule has 0 aliphatic rings. The molecule has 0 aliphatic carbocycles. The normalized spacial score (nSPS) is 10.7. The second-order valence-electron chi connectivity index (χ2n) is 4.42. The first-order valence-corrected chi connectivity index (χ1v) is 6.21. The molecular formula is C10H17ClN5O3+. The van der Waals surface area contributed by atoms with E-state index in [1.54, 1.807) is 0 Å². The van der Waals surface area contributed by atoms with Gasteiger partial charge < -0.3 is 20.3 Å². The molecule has 8 nitrogen and oxygen atoms in total. The summed E-state index contributed by atoms with van der Waals surface area (Å²) in [6, 6.07) is 0. The van der Waals surface area contributed by atoms with Gasteiger partial charge in [-0.1, -0.05) is 11.6 Å². The van der Waals surface area contributed by atoms with Gasteiger partial charge in [-0.05, 0) is 4.92 Å². The smallest absolute Gasteiger partial charge is 0.358 e. The molecule has 0 unspecified atom stereocenters. The van der Waals surface area contributed by atoms with Crippen LogP contribution in [0.1, 0.15) is 6.42 Å². The van der Waals surface area contributed by atoms with Gasteiger partial charge in [-0.3, -0.25) is 4.79 Å². The number of aromatic nitrogens is 2. The fraction of sp³-hybridized carbons (Fsp3) is 0.600. The molecule has 106 valence electrons. The molecule has 0 aromatic carbocycles. The molecule has 0 radical (unpaired) electrons. The van der Waals surface area contributed by atoms with E-state index in [9.17, 15) is 14.9 Å². The van der Waals surface area contributed by atoms with E-state index < -0.39 is 10.7 Å². The Bertz CT molecular complexity index is 460. The fourth-order valence-corrected chi connectivity index (χ4v) is 1.68. The van der Waals surface area contributed by atoms with Gasteiger partial charge in [0.2, 0.25) is 5.91 Å². The average molecular weight is 291 g/mol. The summed E-state index contributed by atoms with van der Waals surface area (Å²) in [5, 5.41) is 16.8. The fourth-order valence-electron chi connectivity index (χ4n) is 1.46. The summed E-state index contributed by atoms with van der Waals surface area (Å²) in [4.78, 5) is 22.7. The van der Waals surface area contributed by atoms with Crippen LogP contribution in [0.2, 0.25) is 5.02 Å². The maximum Gasteiger partial charge on any atom is 0.408 e. The number of hydrogen-bond donors (Lipinski definition) is 2. The van der Waals surface area contributed by atoms with E-state index in [0.717, 1.165) is 17.6 Å². The van der Waals surface area contributed by atoms with Crippen molar-refractivity contribution in [3.05, 3.63) is 21.3 Å². The molecule has 0 bridgehead atoms. The zero-order chi connectivity index (χ0) is 14.4. The predicted molar refractivity (Wildman–Crippen MR) is 69.2 cm³/mol. The van der Waals surface area contributed by atoms with Crippen molar-refractivity contribution in [1.82, 2.24) is 15.1 Å². The van der Waals surface area contributed by atoms with E-state index in [1.165, 1.54) is 11.1 Å². The van der Waals surface area contributed by atoms with Crippen molar-refractivity contribution < 1.29 is 14.6 Å². The molecule has 2 N–H and O–H groups in total. The number of amides is 1. The highest BCUT2D eigenvalue weighted by molar-refractivity contribution is 6.32. The minimum atomic E-state index is -0.684. The molecule has 0 saturated carbocycles. The molecule has 19 heavy (non-hydrogen) atoms. The predicted octanol–water partition coefficient (Wildman–Crippen LogP) is -0.904. The molecule has 9 heteroatoms. The lowest BCUT2D eigenvalue weighted by molar-refractivity contribution is -0.858. The minimum Gasteiger partial charge on any atom is -0.358 e. The Morgan fingerprint density at radius 3 is 2.84 bits per heavy atom. The third-order valence-electron chi connectivity index (χ3n) is 2.35. The summed E-state index contributed by atoms with van der Waals surface area (Å²) in [5.74, 6) is -0.687. The monoisotopic (exact) mass is 290 g/mol. The van der Waals surface area contributed by atoms with Crippen LogP contribution < -0.4 is 10.2 Å². The number of carbonyl (C=O) groups is 1. The highest BCUT2D eigenvalue weighted by atomic mass is 35.5. The number of nitrogens with one attached hydrogen (secondary N) is 2. The highest BCUT2D eigenvalue weighted by Gasteiger charge is 2.20. The Morgan fingerprint density at radius 1 is 1.63 bits per heavy atom. The summed E-state index contributed by atoms with van der Waals surface area (Å²) in [5.41, 5.74) is 0. The molecule has 1 rings (SSSR count). The lowest BCUT2D eigenvalue weighted by atomic mass is 10.4. The molecule has 1 aromatic rings. The second kappa shape index (κ2) is 7.05. The Balaban J connectivity index is 2.40. The van der Waals surface area contributed by atoms with E-state index in [4.69, 9.17) is 11.6 Å². The quantitative estimate of drug-likeness (QED) is 0.386. The summed E-state index contributed by atoms with van der Waals surface area (Å²) in [6.07, 6.45) is 2.14. The summed E-state index contributed by atoms with van der Waals surface area (Å²) in [7, 11) is 4.07. The maximum absolute atomic E-state index is 11.6. The van der Waals surface area contributed by atoms with Crippen molar-refractivity contribution in [2.24, 2.45) is 0 Å². The van der Waals surface area contributed by atoms with Gasteiger partial charge in [-0.2, -0.15) is 4.68 Å². The first kappa shape index (κ1) is 15.4. The number of quaternary nitrogens is 1. The van der Waals surface area contributed by atoms with Gasteiger partial charge in [0.1, 0.15) is 6.54 Å². The van der Waals surface area contributed by atoms with Gasteiger partial charge in [0.25, 0.3) is 0 Å². The Morgan fingerprint density at radius 2 is 2.32 bits per heavy atom. The summed E-state index contributed by atoms with van der Waals surface area (Å²) < 4.78 is 1.16. The second-order valence-corrected chi connectivity index (χ2v) is 4.82. The van der Waals surface area contributed by atoms with Crippen LogP contribution in [0.3, 0.4) is 0 Å². The van der Waals surface area contributed by atoms with Crippen LogP contribution in [0.5, 0.6) is 0 Å². The van der Waals surface area contributed by atoms with Crippen LogP contribution in [0.15, 0.2) is 6.20 Å². The highest BCUT2D eigenvalue weighted by Crippen LogP contribution is 2.20. The number of hydrogen-bond acceptors (Lipinski definition) is 4. The van der Waals surface area contributed by atoms with E-state index in [1.807, 2.05) is 14.1 Å². The molecule has 0 saturated heterocycles. The third-order valence-corrected chi connectivity index (χ3v) is 2.62. The van der Waals surface area contributed by atoms with Gasteiger partial charge >= 0.3 is 5.82 Å². The van der Waals surface area contributed by atoms with Crippen LogP contribution in [0.25, 0.3) is 0 Å². The molecule has 0 spiro atoms. The Hall–Kier alpha value is -1.67. The third kappa shape index (κ3) is 5.23.